The Morgan fingerprint density at radius 1 is 1.25 bits per heavy atom. The number of phenolic OH excluding ortho intramolecular Hbond substituents is 1. The van der Waals surface area contributed by atoms with Gasteiger partial charge in [-0.3, -0.25) is 0 Å². The van der Waals surface area contributed by atoms with E-state index in [1.54, 1.807) is 0 Å². The number of benzene rings is 1. The minimum absolute atomic E-state index is 0.0997. The van der Waals surface area contributed by atoms with Crippen molar-refractivity contribution in [3.8, 4) is 5.75 Å². The molecule has 16 heavy (non-hydrogen) atoms. The molecular weight excluding hydrogens is 245 g/mol. The minimum Gasteiger partial charge on any atom is -0.506 e. The normalized spacial score (nSPS) is 18.6. The molecule has 2 N–H and O–H groups in total. The van der Waals surface area contributed by atoms with Gasteiger partial charge < -0.3 is 10.2 Å². The second-order valence-electron chi connectivity index (χ2n) is 3.88. The number of halogens is 4. The predicted molar refractivity (Wildman–Crippen MR) is 51.2 cm³/mol. The van der Waals surface area contributed by atoms with E-state index in [2.05, 4.69) is 0 Å². The van der Waals surface area contributed by atoms with Crippen molar-refractivity contribution < 1.29 is 23.4 Å². The highest BCUT2D eigenvalue weighted by Crippen LogP contribution is 2.49. The molecular formula is C10H8ClF3O2. The molecule has 0 aromatic heterocycles. The molecule has 0 spiro atoms. The van der Waals surface area contributed by atoms with Crippen LogP contribution in [0.15, 0.2) is 12.1 Å². The third-order valence-corrected chi connectivity index (χ3v) is 2.92. The molecule has 1 aliphatic rings. The largest absolute Gasteiger partial charge is 0.506 e. The van der Waals surface area contributed by atoms with Gasteiger partial charge >= 0.3 is 6.18 Å². The topological polar surface area (TPSA) is 40.5 Å². The number of rotatable bonds is 1. The fourth-order valence-corrected chi connectivity index (χ4v) is 1.71. The summed E-state index contributed by atoms with van der Waals surface area (Å²) in [6.07, 6.45) is -3.87. The third-order valence-electron chi connectivity index (χ3n) is 2.63. The quantitative estimate of drug-likeness (QED) is 0.806. The summed E-state index contributed by atoms with van der Waals surface area (Å²) in [6.45, 7) is 0. The average Bonchev–Trinajstić information content (AvgIpc) is 2.87. The molecule has 1 fully saturated rings. The third kappa shape index (κ3) is 1.85. The molecule has 1 aliphatic carbocycles. The van der Waals surface area contributed by atoms with Crippen LogP contribution in [0, 0.1) is 0 Å². The number of alkyl halides is 3. The van der Waals surface area contributed by atoms with Gasteiger partial charge in [-0.05, 0) is 30.5 Å². The van der Waals surface area contributed by atoms with Crippen molar-refractivity contribution in [3.63, 3.8) is 0 Å². The van der Waals surface area contributed by atoms with Crippen LogP contribution in [0.4, 0.5) is 13.2 Å². The molecule has 0 bridgehead atoms. The Bertz CT molecular complexity index is 438. The molecule has 0 heterocycles. The van der Waals surface area contributed by atoms with Crippen LogP contribution in [-0.2, 0) is 11.8 Å². The Morgan fingerprint density at radius 2 is 1.81 bits per heavy atom. The van der Waals surface area contributed by atoms with E-state index >= 15 is 0 Å². The average molecular weight is 253 g/mol. The van der Waals surface area contributed by atoms with E-state index in [0.717, 1.165) is 6.07 Å². The van der Waals surface area contributed by atoms with E-state index in [-0.39, 0.29) is 5.56 Å². The highest BCUT2D eigenvalue weighted by Gasteiger charge is 2.44. The van der Waals surface area contributed by atoms with Crippen LogP contribution in [0.25, 0.3) is 0 Å². The summed E-state index contributed by atoms with van der Waals surface area (Å²) in [5, 5.41) is 18.5. The zero-order valence-corrected chi connectivity index (χ0v) is 8.73. The second-order valence-corrected chi connectivity index (χ2v) is 4.29. The fraction of sp³-hybridized carbons (Fsp3) is 0.400. The van der Waals surface area contributed by atoms with Gasteiger partial charge in [0.15, 0.2) is 0 Å². The Hall–Kier alpha value is -0.940. The van der Waals surface area contributed by atoms with Gasteiger partial charge in [0.05, 0.1) is 16.2 Å². The van der Waals surface area contributed by atoms with Gasteiger partial charge in [-0.1, -0.05) is 11.6 Å². The van der Waals surface area contributed by atoms with E-state index in [4.69, 9.17) is 11.6 Å². The maximum atomic E-state index is 12.5. The van der Waals surface area contributed by atoms with Crippen molar-refractivity contribution in [3.05, 3.63) is 28.3 Å². The molecule has 0 saturated heterocycles. The zero-order valence-electron chi connectivity index (χ0n) is 7.98. The highest BCUT2D eigenvalue weighted by molar-refractivity contribution is 6.32. The van der Waals surface area contributed by atoms with Crippen molar-refractivity contribution in [1.29, 1.82) is 0 Å². The van der Waals surface area contributed by atoms with E-state index in [1.807, 2.05) is 0 Å². The lowest BCUT2D eigenvalue weighted by Gasteiger charge is -2.15. The molecule has 0 amide bonds. The molecule has 6 heteroatoms. The van der Waals surface area contributed by atoms with E-state index in [0.29, 0.717) is 12.8 Å². The van der Waals surface area contributed by atoms with E-state index in [9.17, 15) is 23.4 Å². The molecule has 88 valence electrons. The maximum Gasteiger partial charge on any atom is 0.420 e. The van der Waals surface area contributed by atoms with Crippen LogP contribution in [0.5, 0.6) is 5.75 Å². The van der Waals surface area contributed by atoms with Crippen molar-refractivity contribution in [2.75, 3.05) is 0 Å². The Morgan fingerprint density at radius 3 is 2.25 bits per heavy atom. The first-order chi connectivity index (χ1) is 7.24. The van der Waals surface area contributed by atoms with Crippen LogP contribution in [0.3, 0.4) is 0 Å². The minimum atomic E-state index is -4.69. The molecule has 1 aromatic carbocycles. The van der Waals surface area contributed by atoms with Gasteiger partial charge in [-0.2, -0.15) is 13.2 Å². The maximum absolute atomic E-state index is 12.5. The molecule has 1 saturated carbocycles. The summed E-state index contributed by atoms with van der Waals surface area (Å²) in [7, 11) is 0. The van der Waals surface area contributed by atoms with Gasteiger partial charge in [0.25, 0.3) is 0 Å². The van der Waals surface area contributed by atoms with Crippen molar-refractivity contribution >= 4 is 11.6 Å². The van der Waals surface area contributed by atoms with Gasteiger partial charge in [0.2, 0.25) is 0 Å². The van der Waals surface area contributed by atoms with Gasteiger partial charge in [-0.15, -0.1) is 0 Å². The predicted octanol–water partition coefficient (Wildman–Crippen LogP) is 3.05. The molecule has 0 aliphatic heterocycles. The summed E-state index contributed by atoms with van der Waals surface area (Å²) in [4.78, 5) is 0. The van der Waals surface area contributed by atoms with Crippen LogP contribution in [0.1, 0.15) is 24.0 Å². The molecule has 0 radical (unpaired) electrons. The molecule has 0 unspecified atom stereocenters. The van der Waals surface area contributed by atoms with Crippen molar-refractivity contribution in [2.45, 2.75) is 24.6 Å². The molecule has 0 atom stereocenters. The number of aromatic hydroxyl groups is 1. The Labute approximate surface area is 94.3 Å². The molecule has 2 rings (SSSR count). The molecule has 2 nitrogen and oxygen atoms in total. The lowest BCUT2D eigenvalue weighted by atomic mass is 10.0. The van der Waals surface area contributed by atoms with Gasteiger partial charge in [0.1, 0.15) is 5.75 Å². The lowest BCUT2D eigenvalue weighted by Crippen LogP contribution is -2.10. The Kier molecular flexibility index (Phi) is 2.36. The standard InChI is InChI=1S/C10H8ClF3O2/c11-7-4-5(9(16)1-2-9)3-6(8(7)15)10(12,13)14/h3-4,15-16H,1-2H2. The number of phenols is 1. The first-order valence-corrected chi connectivity index (χ1v) is 4.94. The van der Waals surface area contributed by atoms with Crippen molar-refractivity contribution in [1.82, 2.24) is 0 Å². The molecule has 1 aromatic rings. The first kappa shape index (κ1) is 11.5. The van der Waals surface area contributed by atoms with Crippen LogP contribution in [0.2, 0.25) is 5.02 Å². The highest BCUT2D eigenvalue weighted by atomic mass is 35.5. The first-order valence-electron chi connectivity index (χ1n) is 4.56. The number of hydrogen-bond donors (Lipinski definition) is 2. The second kappa shape index (κ2) is 3.28. The van der Waals surface area contributed by atoms with E-state index < -0.39 is 28.1 Å². The summed E-state index contributed by atoms with van der Waals surface area (Å²) in [5.41, 5.74) is -2.32. The van der Waals surface area contributed by atoms with Gasteiger partial charge in [0, 0.05) is 0 Å². The van der Waals surface area contributed by atoms with Gasteiger partial charge in [-0.25, -0.2) is 0 Å². The van der Waals surface area contributed by atoms with E-state index in [1.165, 1.54) is 6.07 Å². The smallest absolute Gasteiger partial charge is 0.420 e. The monoisotopic (exact) mass is 252 g/mol. The summed E-state index contributed by atoms with van der Waals surface area (Å²) < 4.78 is 37.6. The summed E-state index contributed by atoms with van der Waals surface area (Å²) in [6, 6.07) is 1.91. The zero-order chi connectivity index (χ0) is 12.1. The number of hydrogen-bond acceptors (Lipinski definition) is 2. The van der Waals surface area contributed by atoms with Crippen LogP contribution >= 0.6 is 11.6 Å². The Balaban J connectivity index is 2.56. The summed E-state index contributed by atoms with van der Waals surface area (Å²) >= 11 is 5.50. The SMILES string of the molecule is Oc1c(Cl)cc(C2(O)CC2)cc1C(F)(F)F. The summed E-state index contributed by atoms with van der Waals surface area (Å²) in [5.74, 6) is -0.998. The number of aliphatic hydroxyl groups is 1. The van der Waals surface area contributed by atoms with Crippen LogP contribution in [-0.4, -0.2) is 10.2 Å². The van der Waals surface area contributed by atoms with Crippen molar-refractivity contribution in [2.24, 2.45) is 0 Å². The van der Waals surface area contributed by atoms with Crippen LogP contribution < -0.4 is 0 Å². The lowest BCUT2D eigenvalue weighted by molar-refractivity contribution is -0.138. The fourth-order valence-electron chi connectivity index (χ4n) is 1.49.